The predicted molar refractivity (Wildman–Crippen MR) is 74.7 cm³/mol. The van der Waals surface area contributed by atoms with Gasteiger partial charge in [0, 0.05) is 49.4 Å². The largest absolute Gasteiger partial charge is 0.467 e. The highest BCUT2D eigenvalue weighted by Gasteiger charge is 2.22. The van der Waals surface area contributed by atoms with Crippen LogP contribution >= 0.6 is 11.3 Å². The van der Waals surface area contributed by atoms with Crippen molar-refractivity contribution in [2.24, 2.45) is 0 Å². The van der Waals surface area contributed by atoms with Crippen molar-refractivity contribution in [2.75, 3.05) is 18.0 Å². The third-order valence-electron chi connectivity index (χ3n) is 3.18. The van der Waals surface area contributed by atoms with Crippen molar-refractivity contribution in [2.45, 2.75) is 25.9 Å². The molecule has 100 valence electrons. The van der Waals surface area contributed by atoms with Crippen molar-refractivity contribution in [3.05, 3.63) is 29.5 Å². The highest BCUT2D eigenvalue weighted by molar-refractivity contribution is 7.11. The van der Waals surface area contributed by atoms with Crippen molar-refractivity contribution in [3.63, 3.8) is 0 Å². The van der Waals surface area contributed by atoms with Gasteiger partial charge in [0.2, 0.25) is 5.95 Å². The molecular formula is C13H16N4OS. The summed E-state index contributed by atoms with van der Waals surface area (Å²) in [6.45, 7) is 3.85. The summed E-state index contributed by atoms with van der Waals surface area (Å²) >= 11 is 1.54. The molecule has 2 aromatic rings. The number of piperidine rings is 1. The first-order chi connectivity index (χ1) is 9.31. The van der Waals surface area contributed by atoms with Crippen molar-refractivity contribution in [3.8, 4) is 5.19 Å². The number of nitrogens with zero attached hydrogens (tertiary/aromatic N) is 4. The number of ether oxygens (including phenoxy) is 1. The lowest BCUT2D eigenvalue weighted by molar-refractivity contribution is 0.170. The zero-order valence-corrected chi connectivity index (χ0v) is 11.6. The smallest absolute Gasteiger partial charge is 0.273 e. The van der Waals surface area contributed by atoms with E-state index >= 15 is 0 Å². The van der Waals surface area contributed by atoms with Gasteiger partial charge in [0.05, 0.1) is 0 Å². The lowest BCUT2D eigenvalue weighted by atomic mass is 10.1. The maximum absolute atomic E-state index is 5.84. The third-order valence-corrected chi connectivity index (χ3v) is 3.85. The molecule has 5 nitrogen and oxygen atoms in total. The molecule has 3 heterocycles. The molecule has 19 heavy (non-hydrogen) atoms. The fourth-order valence-corrected chi connectivity index (χ4v) is 2.72. The Balaban J connectivity index is 1.57. The Morgan fingerprint density at radius 3 is 2.79 bits per heavy atom. The minimum Gasteiger partial charge on any atom is -0.467 e. The number of hydrogen-bond donors (Lipinski definition) is 0. The molecule has 1 aliphatic heterocycles. The Morgan fingerprint density at radius 2 is 2.11 bits per heavy atom. The number of aryl methyl sites for hydroxylation is 1. The van der Waals surface area contributed by atoms with Crippen LogP contribution in [0, 0.1) is 6.92 Å². The molecule has 0 amide bonds. The minimum absolute atomic E-state index is 0.257. The SMILES string of the molecule is Cc1ccnc(N2CCC(Oc3nccs3)CC2)n1. The summed E-state index contributed by atoms with van der Waals surface area (Å²) < 4.78 is 5.84. The molecular weight excluding hydrogens is 260 g/mol. The van der Waals surface area contributed by atoms with Crippen LogP contribution in [0.4, 0.5) is 5.95 Å². The highest BCUT2D eigenvalue weighted by atomic mass is 32.1. The van der Waals surface area contributed by atoms with E-state index in [1.807, 2.05) is 24.6 Å². The summed E-state index contributed by atoms with van der Waals surface area (Å²) in [6.07, 6.45) is 5.81. The van der Waals surface area contributed by atoms with Crippen LogP contribution in [0.5, 0.6) is 5.19 Å². The number of thiazole rings is 1. The topological polar surface area (TPSA) is 51.1 Å². The fraction of sp³-hybridized carbons (Fsp3) is 0.462. The molecule has 0 unspecified atom stereocenters. The first kappa shape index (κ1) is 12.3. The molecule has 1 saturated heterocycles. The molecule has 3 rings (SSSR count). The summed E-state index contributed by atoms with van der Waals surface area (Å²) in [5.41, 5.74) is 1.01. The fourth-order valence-electron chi connectivity index (χ4n) is 2.17. The van der Waals surface area contributed by atoms with Crippen LogP contribution in [0.25, 0.3) is 0 Å². The molecule has 0 aliphatic carbocycles. The van der Waals surface area contributed by atoms with E-state index in [4.69, 9.17) is 4.74 Å². The molecule has 2 aromatic heterocycles. The summed E-state index contributed by atoms with van der Waals surface area (Å²) in [6, 6.07) is 1.92. The van der Waals surface area contributed by atoms with Gasteiger partial charge in [-0.15, -0.1) is 0 Å². The maximum atomic E-state index is 5.84. The van der Waals surface area contributed by atoms with Crippen LogP contribution in [0.1, 0.15) is 18.5 Å². The van der Waals surface area contributed by atoms with Gasteiger partial charge in [0.15, 0.2) is 0 Å². The van der Waals surface area contributed by atoms with Gasteiger partial charge >= 0.3 is 0 Å². The lowest BCUT2D eigenvalue weighted by Gasteiger charge is -2.31. The van der Waals surface area contributed by atoms with Crippen molar-refractivity contribution in [1.82, 2.24) is 15.0 Å². The summed E-state index contributed by atoms with van der Waals surface area (Å²) in [5, 5.41) is 2.70. The standard InChI is InChI=1S/C13H16N4OS/c1-10-2-5-14-12(16-10)17-7-3-11(4-8-17)18-13-15-6-9-19-13/h2,5-6,9,11H,3-4,7-8H2,1H3. The summed E-state index contributed by atoms with van der Waals surface area (Å²) in [7, 11) is 0. The number of anilines is 1. The lowest BCUT2D eigenvalue weighted by Crippen LogP contribution is -2.39. The van der Waals surface area contributed by atoms with Gasteiger partial charge in [-0.05, 0) is 13.0 Å². The van der Waals surface area contributed by atoms with Crippen LogP contribution in [0.3, 0.4) is 0 Å². The van der Waals surface area contributed by atoms with Crippen LogP contribution in [-0.2, 0) is 0 Å². The van der Waals surface area contributed by atoms with E-state index < -0.39 is 0 Å². The van der Waals surface area contributed by atoms with Crippen LogP contribution < -0.4 is 9.64 Å². The predicted octanol–water partition coefficient (Wildman–Crippen LogP) is 2.29. The van der Waals surface area contributed by atoms with Gasteiger partial charge in [-0.3, -0.25) is 0 Å². The quantitative estimate of drug-likeness (QED) is 0.861. The average molecular weight is 276 g/mol. The highest BCUT2D eigenvalue weighted by Crippen LogP contribution is 2.22. The van der Waals surface area contributed by atoms with Gasteiger partial charge in [-0.25, -0.2) is 15.0 Å². The van der Waals surface area contributed by atoms with Gasteiger partial charge in [0.1, 0.15) is 6.10 Å². The molecule has 6 heteroatoms. The normalized spacial score (nSPS) is 16.6. The van der Waals surface area contributed by atoms with E-state index in [0.717, 1.165) is 42.8 Å². The Morgan fingerprint density at radius 1 is 1.26 bits per heavy atom. The molecule has 1 aliphatic rings. The molecule has 0 saturated carbocycles. The number of hydrogen-bond acceptors (Lipinski definition) is 6. The molecule has 0 radical (unpaired) electrons. The van der Waals surface area contributed by atoms with Crippen LogP contribution in [0.2, 0.25) is 0 Å². The molecule has 0 bridgehead atoms. The molecule has 0 atom stereocenters. The summed E-state index contributed by atoms with van der Waals surface area (Å²) in [5.74, 6) is 0.827. The second-order valence-electron chi connectivity index (χ2n) is 4.60. The van der Waals surface area contributed by atoms with E-state index in [0.29, 0.717) is 0 Å². The monoisotopic (exact) mass is 276 g/mol. The van der Waals surface area contributed by atoms with Gasteiger partial charge in [0.25, 0.3) is 5.19 Å². The molecule has 0 spiro atoms. The Labute approximate surface area is 116 Å². The molecule has 1 fully saturated rings. The number of rotatable bonds is 3. The van der Waals surface area contributed by atoms with Gasteiger partial charge < -0.3 is 9.64 Å². The maximum Gasteiger partial charge on any atom is 0.273 e. The minimum atomic E-state index is 0.257. The van der Waals surface area contributed by atoms with E-state index in [1.54, 1.807) is 17.5 Å². The second-order valence-corrected chi connectivity index (χ2v) is 5.46. The number of aromatic nitrogens is 3. The van der Waals surface area contributed by atoms with Crippen LogP contribution in [-0.4, -0.2) is 34.1 Å². The second kappa shape index (κ2) is 5.52. The van der Waals surface area contributed by atoms with Crippen molar-refractivity contribution >= 4 is 17.3 Å². The zero-order chi connectivity index (χ0) is 13.1. The first-order valence-electron chi connectivity index (χ1n) is 6.42. The molecule has 0 N–H and O–H groups in total. The molecule has 0 aromatic carbocycles. The van der Waals surface area contributed by atoms with Crippen molar-refractivity contribution in [1.29, 1.82) is 0 Å². The third kappa shape index (κ3) is 3.01. The Bertz CT molecular complexity index is 523. The van der Waals surface area contributed by atoms with Crippen molar-refractivity contribution < 1.29 is 4.74 Å². The Hall–Kier alpha value is -1.69. The van der Waals surface area contributed by atoms with Gasteiger partial charge in [-0.2, -0.15) is 0 Å². The average Bonchev–Trinajstić information content (AvgIpc) is 2.92. The first-order valence-corrected chi connectivity index (χ1v) is 7.30. The van der Waals surface area contributed by atoms with E-state index in [1.165, 1.54) is 0 Å². The summed E-state index contributed by atoms with van der Waals surface area (Å²) in [4.78, 5) is 15.2. The Kier molecular flexibility index (Phi) is 3.59. The van der Waals surface area contributed by atoms with Gasteiger partial charge in [-0.1, -0.05) is 11.3 Å². The zero-order valence-electron chi connectivity index (χ0n) is 10.8. The van der Waals surface area contributed by atoms with E-state index in [2.05, 4.69) is 19.9 Å². The van der Waals surface area contributed by atoms with E-state index in [-0.39, 0.29) is 6.10 Å². The van der Waals surface area contributed by atoms with Crippen LogP contribution in [0.15, 0.2) is 23.8 Å². The van der Waals surface area contributed by atoms with E-state index in [9.17, 15) is 0 Å².